The molecule has 0 radical (unpaired) electrons. The number of carbonyl (C=O) groups is 1. The molecule has 5 nitrogen and oxygen atoms in total. The molecule has 26 heavy (non-hydrogen) atoms. The Bertz CT molecular complexity index is 732. The van der Waals surface area contributed by atoms with Gasteiger partial charge in [-0.2, -0.15) is 0 Å². The number of amides is 1. The standard InChI is InChI=1S/C20H25FN2O3/c1-23(2)18(14-8-10-16(21)11-9-14)20(24)22-13-12-15-6-5-7-17(25-3)19(15)26-4/h5-11,18H,12-13H2,1-4H3,(H,22,24)/t18-/m0/s1. The zero-order valence-corrected chi connectivity index (χ0v) is 15.6. The second-order valence-corrected chi connectivity index (χ2v) is 6.11. The van der Waals surface area contributed by atoms with Gasteiger partial charge in [0.15, 0.2) is 11.5 Å². The molecule has 0 aliphatic rings. The lowest BCUT2D eigenvalue weighted by Gasteiger charge is -2.24. The number of hydrogen-bond acceptors (Lipinski definition) is 4. The number of carbonyl (C=O) groups excluding carboxylic acids is 1. The number of benzene rings is 2. The van der Waals surface area contributed by atoms with E-state index in [9.17, 15) is 9.18 Å². The minimum Gasteiger partial charge on any atom is -0.493 e. The van der Waals surface area contributed by atoms with Crippen molar-refractivity contribution < 1.29 is 18.7 Å². The van der Waals surface area contributed by atoms with Gasteiger partial charge in [0, 0.05) is 6.54 Å². The summed E-state index contributed by atoms with van der Waals surface area (Å²) in [6.45, 7) is 0.452. The van der Waals surface area contributed by atoms with E-state index in [0.29, 0.717) is 24.5 Å². The van der Waals surface area contributed by atoms with E-state index >= 15 is 0 Å². The van der Waals surface area contributed by atoms with Crippen molar-refractivity contribution in [2.45, 2.75) is 12.5 Å². The zero-order chi connectivity index (χ0) is 19.1. The lowest BCUT2D eigenvalue weighted by atomic mass is 10.0. The molecular weight excluding hydrogens is 335 g/mol. The first-order chi connectivity index (χ1) is 12.5. The van der Waals surface area contributed by atoms with Crippen molar-refractivity contribution in [1.82, 2.24) is 10.2 Å². The van der Waals surface area contributed by atoms with Gasteiger partial charge in [0.05, 0.1) is 14.2 Å². The van der Waals surface area contributed by atoms with Crippen LogP contribution < -0.4 is 14.8 Å². The minimum absolute atomic E-state index is 0.136. The largest absolute Gasteiger partial charge is 0.493 e. The second kappa shape index (κ2) is 9.20. The maximum absolute atomic E-state index is 13.1. The van der Waals surface area contributed by atoms with Crippen LogP contribution in [-0.4, -0.2) is 45.7 Å². The van der Waals surface area contributed by atoms with Crippen LogP contribution in [0.25, 0.3) is 0 Å². The third-order valence-corrected chi connectivity index (χ3v) is 4.13. The molecule has 2 rings (SSSR count). The lowest BCUT2D eigenvalue weighted by Crippen LogP contribution is -2.38. The average molecular weight is 360 g/mol. The van der Waals surface area contributed by atoms with Crippen LogP contribution in [0, 0.1) is 5.82 Å². The quantitative estimate of drug-likeness (QED) is 0.787. The molecule has 0 aliphatic carbocycles. The van der Waals surface area contributed by atoms with E-state index in [0.717, 1.165) is 11.1 Å². The van der Waals surface area contributed by atoms with Crippen molar-refractivity contribution in [3.8, 4) is 11.5 Å². The highest BCUT2D eigenvalue weighted by Crippen LogP contribution is 2.30. The number of ether oxygens (including phenoxy) is 2. The maximum Gasteiger partial charge on any atom is 0.241 e. The SMILES string of the molecule is COc1cccc(CCNC(=O)[C@H](c2ccc(F)cc2)N(C)C)c1OC. The Morgan fingerprint density at radius 2 is 1.81 bits per heavy atom. The molecule has 0 aliphatic heterocycles. The van der Waals surface area contributed by atoms with Crippen molar-refractivity contribution in [2.75, 3.05) is 34.9 Å². The van der Waals surface area contributed by atoms with Crippen LogP contribution in [-0.2, 0) is 11.2 Å². The van der Waals surface area contributed by atoms with Gasteiger partial charge in [0.1, 0.15) is 11.9 Å². The van der Waals surface area contributed by atoms with E-state index in [-0.39, 0.29) is 11.7 Å². The second-order valence-electron chi connectivity index (χ2n) is 6.11. The number of methoxy groups -OCH3 is 2. The number of rotatable bonds is 8. The Hall–Kier alpha value is -2.60. The molecule has 6 heteroatoms. The molecule has 0 fully saturated rings. The van der Waals surface area contributed by atoms with Gasteiger partial charge in [-0.15, -0.1) is 0 Å². The minimum atomic E-state index is -0.484. The first kappa shape index (κ1) is 19.7. The summed E-state index contributed by atoms with van der Waals surface area (Å²) in [5.74, 6) is 0.876. The normalized spacial score (nSPS) is 11.9. The number of likely N-dealkylation sites (N-methyl/N-ethyl adjacent to an activating group) is 1. The van der Waals surface area contributed by atoms with Crippen molar-refractivity contribution in [3.63, 3.8) is 0 Å². The van der Waals surface area contributed by atoms with Crippen molar-refractivity contribution in [2.24, 2.45) is 0 Å². The fraction of sp³-hybridized carbons (Fsp3) is 0.350. The number of para-hydroxylation sites is 1. The highest BCUT2D eigenvalue weighted by Gasteiger charge is 2.22. The zero-order valence-electron chi connectivity index (χ0n) is 15.6. The van der Waals surface area contributed by atoms with E-state index in [1.165, 1.54) is 12.1 Å². The number of nitrogens with zero attached hydrogens (tertiary/aromatic N) is 1. The molecular formula is C20H25FN2O3. The first-order valence-corrected chi connectivity index (χ1v) is 8.37. The highest BCUT2D eigenvalue weighted by atomic mass is 19.1. The molecule has 1 N–H and O–H groups in total. The molecule has 0 bridgehead atoms. The van der Waals surface area contributed by atoms with Crippen LogP contribution in [0.3, 0.4) is 0 Å². The van der Waals surface area contributed by atoms with Crippen molar-refractivity contribution in [1.29, 1.82) is 0 Å². The summed E-state index contributed by atoms with van der Waals surface area (Å²) in [5.41, 5.74) is 1.70. The molecule has 0 spiro atoms. The molecule has 0 aromatic heterocycles. The van der Waals surface area contributed by atoms with E-state index in [2.05, 4.69) is 5.32 Å². The predicted octanol–water partition coefficient (Wildman–Crippen LogP) is 2.80. The topological polar surface area (TPSA) is 50.8 Å². The van der Waals surface area contributed by atoms with E-state index < -0.39 is 6.04 Å². The average Bonchev–Trinajstić information content (AvgIpc) is 2.63. The smallest absolute Gasteiger partial charge is 0.241 e. The number of halogens is 1. The summed E-state index contributed by atoms with van der Waals surface area (Å²) >= 11 is 0. The van der Waals surface area contributed by atoms with E-state index in [4.69, 9.17) is 9.47 Å². The molecule has 1 amide bonds. The predicted molar refractivity (Wildman–Crippen MR) is 99.1 cm³/mol. The first-order valence-electron chi connectivity index (χ1n) is 8.37. The van der Waals surface area contributed by atoms with Crippen LogP contribution in [0.15, 0.2) is 42.5 Å². The Labute approximate surface area is 153 Å². The van der Waals surface area contributed by atoms with Crippen molar-refractivity contribution >= 4 is 5.91 Å². The third-order valence-electron chi connectivity index (χ3n) is 4.13. The van der Waals surface area contributed by atoms with Crippen LogP contribution >= 0.6 is 0 Å². The molecule has 0 saturated carbocycles. The van der Waals surface area contributed by atoms with Gasteiger partial charge in [-0.3, -0.25) is 9.69 Å². The van der Waals surface area contributed by atoms with Gasteiger partial charge in [-0.1, -0.05) is 24.3 Å². The summed E-state index contributed by atoms with van der Waals surface area (Å²) in [6, 6.07) is 11.2. The fourth-order valence-corrected chi connectivity index (χ4v) is 2.90. The van der Waals surface area contributed by atoms with Gasteiger partial charge in [0.25, 0.3) is 0 Å². The van der Waals surface area contributed by atoms with E-state index in [1.54, 1.807) is 31.3 Å². The van der Waals surface area contributed by atoms with Gasteiger partial charge in [-0.25, -0.2) is 4.39 Å². The van der Waals surface area contributed by atoms with Gasteiger partial charge in [-0.05, 0) is 49.8 Å². The molecule has 0 heterocycles. The van der Waals surface area contributed by atoms with Gasteiger partial charge in [0.2, 0.25) is 5.91 Å². The van der Waals surface area contributed by atoms with Crippen LogP contribution in [0.5, 0.6) is 11.5 Å². The lowest BCUT2D eigenvalue weighted by molar-refractivity contribution is -0.125. The molecule has 0 saturated heterocycles. The fourth-order valence-electron chi connectivity index (χ4n) is 2.90. The van der Waals surface area contributed by atoms with E-state index in [1.807, 2.05) is 32.3 Å². The molecule has 2 aromatic rings. The molecule has 2 aromatic carbocycles. The Kier molecular flexibility index (Phi) is 6.97. The summed E-state index contributed by atoms with van der Waals surface area (Å²) in [5, 5.41) is 2.94. The van der Waals surface area contributed by atoms with Gasteiger partial charge >= 0.3 is 0 Å². The monoisotopic (exact) mass is 360 g/mol. The Morgan fingerprint density at radius 3 is 2.38 bits per heavy atom. The summed E-state index contributed by atoms with van der Waals surface area (Å²) < 4.78 is 23.8. The summed E-state index contributed by atoms with van der Waals surface area (Å²) in [6.07, 6.45) is 0.607. The third kappa shape index (κ3) is 4.73. The van der Waals surface area contributed by atoms with Crippen LogP contribution in [0.4, 0.5) is 4.39 Å². The van der Waals surface area contributed by atoms with Crippen LogP contribution in [0.1, 0.15) is 17.2 Å². The Balaban J connectivity index is 2.04. The Morgan fingerprint density at radius 1 is 1.12 bits per heavy atom. The number of hydrogen-bond donors (Lipinski definition) is 1. The molecule has 0 unspecified atom stereocenters. The highest BCUT2D eigenvalue weighted by molar-refractivity contribution is 5.83. The summed E-state index contributed by atoms with van der Waals surface area (Å²) in [7, 11) is 6.82. The van der Waals surface area contributed by atoms with Gasteiger partial charge < -0.3 is 14.8 Å². The number of nitrogens with one attached hydrogen (secondary N) is 1. The van der Waals surface area contributed by atoms with Crippen LogP contribution in [0.2, 0.25) is 0 Å². The molecule has 140 valence electrons. The van der Waals surface area contributed by atoms with Crippen molar-refractivity contribution in [3.05, 3.63) is 59.4 Å². The maximum atomic E-state index is 13.1. The molecule has 1 atom stereocenters. The summed E-state index contributed by atoms with van der Waals surface area (Å²) in [4.78, 5) is 14.4.